The molecule has 0 fully saturated rings. The lowest BCUT2D eigenvalue weighted by molar-refractivity contribution is 0.462. The molecule has 0 aliphatic carbocycles. The van der Waals surface area contributed by atoms with Gasteiger partial charge in [-0.2, -0.15) is 5.10 Å². The second-order valence-electron chi connectivity index (χ2n) is 4.20. The van der Waals surface area contributed by atoms with Gasteiger partial charge >= 0.3 is 0 Å². The van der Waals surface area contributed by atoms with Gasteiger partial charge in [0.2, 0.25) is 0 Å². The molecule has 0 aliphatic rings. The van der Waals surface area contributed by atoms with Gasteiger partial charge in [0.15, 0.2) is 0 Å². The van der Waals surface area contributed by atoms with Gasteiger partial charge in [0.25, 0.3) is 0 Å². The molecule has 4 nitrogen and oxygen atoms in total. The maximum atomic E-state index is 4.32. The van der Waals surface area contributed by atoms with Crippen LogP contribution < -0.4 is 5.32 Å². The average Bonchev–Trinajstić information content (AvgIpc) is 2.66. The summed E-state index contributed by atoms with van der Waals surface area (Å²) in [7, 11) is 0. The topological polar surface area (TPSA) is 42.7 Å². The molecule has 1 aromatic heterocycles. The molecule has 16 heavy (non-hydrogen) atoms. The first kappa shape index (κ1) is 12.9. The SMILES string of the molecule is C=CCC(Cc1ncnn1C(C)C)NCC. The van der Waals surface area contributed by atoms with E-state index < -0.39 is 0 Å². The summed E-state index contributed by atoms with van der Waals surface area (Å²) in [5, 5.41) is 7.68. The normalized spacial score (nSPS) is 13.0. The molecular weight excluding hydrogens is 200 g/mol. The van der Waals surface area contributed by atoms with Gasteiger partial charge in [-0.3, -0.25) is 0 Å². The third-order valence-corrected chi connectivity index (χ3v) is 2.51. The Morgan fingerprint density at radius 3 is 2.88 bits per heavy atom. The van der Waals surface area contributed by atoms with Gasteiger partial charge in [0, 0.05) is 18.5 Å². The maximum absolute atomic E-state index is 4.32. The Balaban J connectivity index is 2.68. The first-order valence-electron chi connectivity index (χ1n) is 5.91. The van der Waals surface area contributed by atoms with Crippen molar-refractivity contribution in [3.8, 4) is 0 Å². The van der Waals surface area contributed by atoms with Crippen molar-refractivity contribution in [1.29, 1.82) is 0 Å². The van der Waals surface area contributed by atoms with Crippen LogP contribution in [-0.4, -0.2) is 27.4 Å². The highest BCUT2D eigenvalue weighted by Gasteiger charge is 2.13. The average molecular weight is 222 g/mol. The molecule has 4 heteroatoms. The molecule has 0 saturated heterocycles. The van der Waals surface area contributed by atoms with Gasteiger partial charge in [0.05, 0.1) is 0 Å². The Morgan fingerprint density at radius 2 is 2.31 bits per heavy atom. The number of hydrogen-bond acceptors (Lipinski definition) is 3. The fraction of sp³-hybridized carbons (Fsp3) is 0.667. The Hall–Kier alpha value is -1.16. The summed E-state index contributed by atoms with van der Waals surface area (Å²) in [6.45, 7) is 11.1. The zero-order chi connectivity index (χ0) is 12.0. The minimum Gasteiger partial charge on any atom is -0.313 e. The van der Waals surface area contributed by atoms with Crippen LogP contribution in [0.15, 0.2) is 19.0 Å². The van der Waals surface area contributed by atoms with Crippen molar-refractivity contribution in [2.75, 3.05) is 6.54 Å². The summed E-state index contributed by atoms with van der Waals surface area (Å²) < 4.78 is 1.98. The van der Waals surface area contributed by atoms with Crippen molar-refractivity contribution >= 4 is 0 Å². The lowest BCUT2D eigenvalue weighted by Crippen LogP contribution is -2.31. The van der Waals surface area contributed by atoms with Crippen molar-refractivity contribution in [3.63, 3.8) is 0 Å². The molecule has 1 atom stereocenters. The van der Waals surface area contributed by atoms with Gasteiger partial charge < -0.3 is 5.32 Å². The fourth-order valence-corrected chi connectivity index (χ4v) is 1.80. The fourth-order valence-electron chi connectivity index (χ4n) is 1.80. The summed E-state index contributed by atoms with van der Waals surface area (Å²) in [5.74, 6) is 1.04. The summed E-state index contributed by atoms with van der Waals surface area (Å²) in [5.41, 5.74) is 0. The highest BCUT2D eigenvalue weighted by molar-refractivity contribution is 4.93. The molecule has 90 valence electrons. The molecule has 0 saturated carbocycles. The molecule has 1 N–H and O–H groups in total. The van der Waals surface area contributed by atoms with E-state index in [0.29, 0.717) is 12.1 Å². The van der Waals surface area contributed by atoms with E-state index in [9.17, 15) is 0 Å². The molecule has 0 spiro atoms. The number of nitrogens with one attached hydrogen (secondary N) is 1. The van der Waals surface area contributed by atoms with E-state index in [4.69, 9.17) is 0 Å². The number of likely N-dealkylation sites (N-methyl/N-ethyl adjacent to an activating group) is 1. The van der Waals surface area contributed by atoms with E-state index in [-0.39, 0.29) is 0 Å². The molecule has 1 aromatic rings. The zero-order valence-corrected chi connectivity index (χ0v) is 10.5. The molecule has 1 heterocycles. The van der Waals surface area contributed by atoms with Gasteiger partial charge in [0.1, 0.15) is 12.2 Å². The van der Waals surface area contributed by atoms with Crippen LogP contribution in [-0.2, 0) is 6.42 Å². The number of aromatic nitrogens is 3. The summed E-state index contributed by atoms with van der Waals surface area (Å²) in [6.07, 6.45) is 5.44. The molecule has 1 rings (SSSR count). The zero-order valence-electron chi connectivity index (χ0n) is 10.5. The Kier molecular flexibility index (Phi) is 5.19. The number of hydrogen-bond donors (Lipinski definition) is 1. The standard InChI is InChI=1S/C12H22N4/c1-5-7-11(13-6-2)8-12-14-9-15-16(12)10(3)4/h5,9-11,13H,1,6-8H2,2-4H3. The van der Waals surface area contributed by atoms with Crippen molar-refractivity contribution in [2.24, 2.45) is 0 Å². The monoisotopic (exact) mass is 222 g/mol. The predicted octanol–water partition coefficient (Wildman–Crippen LogP) is 1.96. The van der Waals surface area contributed by atoms with Gasteiger partial charge in [-0.1, -0.05) is 13.0 Å². The van der Waals surface area contributed by atoms with E-state index in [2.05, 4.69) is 42.7 Å². The van der Waals surface area contributed by atoms with Gasteiger partial charge in [-0.15, -0.1) is 6.58 Å². The molecule has 0 aromatic carbocycles. The highest BCUT2D eigenvalue weighted by atomic mass is 15.3. The number of nitrogens with zero attached hydrogens (tertiary/aromatic N) is 3. The molecule has 0 bridgehead atoms. The smallest absolute Gasteiger partial charge is 0.138 e. The van der Waals surface area contributed by atoms with Gasteiger partial charge in [-0.25, -0.2) is 9.67 Å². The van der Waals surface area contributed by atoms with Crippen molar-refractivity contribution in [3.05, 3.63) is 24.8 Å². The Labute approximate surface area is 97.8 Å². The molecule has 0 amide bonds. The maximum Gasteiger partial charge on any atom is 0.138 e. The second-order valence-corrected chi connectivity index (χ2v) is 4.20. The van der Waals surface area contributed by atoms with Crippen LogP contribution in [0.1, 0.15) is 39.1 Å². The van der Waals surface area contributed by atoms with Crippen LogP contribution in [0.2, 0.25) is 0 Å². The first-order chi connectivity index (χ1) is 7.69. The number of rotatable bonds is 7. The predicted molar refractivity (Wildman–Crippen MR) is 66.4 cm³/mol. The molecular formula is C12H22N4. The van der Waals surface area contributed by atoms with Crippen LogP contribution in [0.25, 0.3) is 0 Å². The van der Waals surface area contributed by atoms with Gasteiger partial charge in [-0.05, 0) is 26.8 Å². The van der Waals surface area contributed by atoms with Crippen LogP contribution in [0, 0.1) is 0 Å². The molecule has 1 unspecified atom stereocenters. The summed E-state index contributed by atoms with van der Waals surface area (Å²) in [4.78, 5) is 4.32. The van der Waals surface area contributed by atoms with Crippen molar-refractivity contribution in [2.45, 2.75) is 45.7 Å². The Bertz CT molecular complexity index is 317. The lowest BCUT2D eigenvalue weighted by Gasteiger charge is -2.17. The van der Waals surface area contributed by atoms with E-state index in [1.54, 1.807) is 6.33 Å². The summed E-state index contributed by atoms with van der Waals surface area (Å²) >= 11 is 0. The van der Waals surface area contributed by atoms with Crippen molar-refractivity contribution in [1.82, 2.24) is 20.1 Å². The molecule has 0 aliphatic heterocycles. The Morgan fingerprint density at radius 1 is 1.56 bits per heavy atom. The first-order valence-corrected chi connectivity index (χ1v) is 5.91. The van der Waals surface area contributed by atoms with E-state index in [1.165, 1.54) is 0 Å². The van der Waals surface area contributed by atoms with Crippen molar-refractivity contribution < 1.29 is 0 Å². The highest BCUT2D eigenvalue weighted by Crippen LogP contribution is 2.09. The minimum atomic E-state index is 0.364. The lowest BCUT2D eigenvalue weighted by atomic mass is 10.1. The van der Waals surface area contributed by atoms with E-state index in [0.717, 1.165) is 25.2 Å². The second kappa shape index (κ2) is 6.43. The largest absolute Gasteiger partial charge is 0.313 e. The third kappa shape index (κ3) is 3.45. The van der Waals surface area contributed by atoms with E-state index in [1.807, 2.05) is 10.8 Å². The minimum absolute atomic E-state index is 0.364. The third-order valence-electron chi connectivity index (χ3n) is 2.51. The van der Waals surface area contributed by atoms with Crippen LogP contribution >= 0.6 is 0 Å². The quantitative estimate of drug-likeness (QED) is 0.717. The summed E-state index contributed by atoms with van der Waals surface area (Å²) in [6, 6.07) is 0.771. The van der Waals surface area contributed by atoms with E-state index >= 15 is 0 Å². The van der Waals surface area contributed by atoms with Crippen LogP contribution in [0.3, 0.4) is 0 Å². The van der Waals surface area contributed by atoms with Crippen LogP contribution in [0.4, 0.5) is 0 Å². The van der Waals surface area contributed by atoms with Crippen LogP contribution in [0.5, 0.6) is 0 Å². The molecule has 0 radical (unpaired) electrons.